The van der Waals surface area contributed by atoms with Crippen molar-refractivity contribution in [1.82, 2.24) is 20.3 Å². The van der Waals surface area contributed by atoms with E-state index in [9.17, 15) is 18.0 Å². The number of alkyl halides is 3. The number of carbonyl (C=O) groups excluding carboxylic acids is 1. The molecule has 0 unspecified atom stereocenters. The largest absolute Gasteiger partial charge is 0.416 e. The summed E-state index contributed by atoms with van der Waals surface area (Å²) in [5.41, 5.74) is 0.926. The van der Waals surface area contributed by atoms with Crippen molar-refractivity contribution < 1.29 is 18.0 Å². The van der Waals surface area contributed by atoms with Crippen LogP contribution in [-0.2, 0) is 17.5 Å². The Balaban J connectivity index is 1.40. The van der Waals surface area contributed by atoms with Gasteiger partial charge in [0.15, 0.2) is 5.82 Å². The fourth-order valence-electron chi connectivity index (χ4n) is 4.31. The minimum atomic E-state index is -4.43. The number of benzene rings is 2. The summed E-state index contributed by atoms with van der Waals surface area (Å²) in [4.78, 5) is 26.1. The molecule has 1 saturated carbocycles. The molecule has 3 N–H and O–H groups in total. The van der Waals surface area contributed by atoms with Crippen LogP contribution in [0.4, 0.5) is 25.1 Å². The van der Waals surface area contributed by atoms with Crippen LogP contribution in [0.3, 0.4) is 0 Å². The number of halogens is 3. The van der Waals surface area contributed by atoms with Gasteiger partial charge in [-0.25, -0.2) is 0 Å². The summed E-state index contributed by atoms with van der Waals surface area (Å²) in [5.74, 6) is 0.726. The Morgan fingerprint density at radius 3 is 2.54 bits per heavy atom. The Morgan fingerprint density at radius 1 is 1.08 bits per heavy atom. The van der Waals surface area contributed by atoms with Crippen molar-refractivity contribution in [3.8, 4) is 17.5 Å². The second-order valence-electron chi connectivity index (χ2n) is 8.87. The fraction of sp³-hybridized carbons (Fsp3) is 0.346. The van der Waals surface area contributed by atoms with Crippen LogP contribution < -0.4 is 16.0 Å². The molecule has 0 saturated heterocycles. The van der Waals surface area contributed by atoms with Gasteiger partial charge in [-0.1, -0.05) is 18.6 Å². The molecule has 0 spiro atoms. The van der Waals surface area contributed by atoms with Gasteiger partial charge in [-0.05, 0) is 61.2 Å². The van der Waals surface area contributed by atoms with E-state index in [1.807, 2.05) is 0 Å². The first-order valence-corrected chi connectivity index (χ1v) is 11.9. The molecule has 4 rings (SSSR count). The smallest absolute Gasteiger partial charge is 0.357 e. The van der Waals surface area contributed by atoms with Gasteiger partial charge in [-0.15, -0.1) is 0 Å². The molecule has 11 heteroatoms. The van der Waals surface area contributed by atoms with E-state index in [1.165, 1.54) is 6.07 Å². The summed E-state index contributed by atoms with van der Waals surface area (Å²) in [6, 6.07) is 13.9. The number of rotatable bonds is 7. The van der Waals surface area contributed by atoms with Gasteiger partial charge in [-0.2, -0.15) is 33.4 Å². The van der Waals surface area contributed by atoms with Crippen molar-refractivity contribution in [3.05, 3.63) is 65.2 Å². The Bertz CT molecular complexity index is 1290. The number of anilines is 2. The van der Waals surface area contributed by atoms with Crippen LogP contribution in [0.25, 0.3) is 11.4 Å². The minimum absolute atomic E-state index is 0.0320. The van der Waals surface area contributed by atoms with E-state index < -0.39 is 11.7 Å². The third-order valence-corrected chi connectivity index (χ3v) is 6.23. The highest BCUT2D eigenvalue weighted by molar-refractivity contribution is 5.78. The van der Waals surface area contributed by atoms with Crippen LogP contribution in [0.5, 0.6) is 0 Å². The van der Waals surface area contributed by atoms with Crippen molar-refractivity contribution in [2.45, 2.75) is 44.4 Å². The van der Waals surface area contributed by atoms with Gasteiger partial charge in [0.05, 0.1) is 17.2 Å². The number of amides is 1. The lowest BCUT2D eigenvalue weighted by molar-refractivity contribution is -0.137. The summed E-state index contributed by atoms with van der Waals surface area (Å²) in [6.07, 6.45) is -1.55. The lowest BCUT2D eigenvalue weighted by atomic mass is 9.85. The first kappa shape index (κ1) is 25.9. The monoisotopic (exact) mass is 509 g/mol. The number of carbonyl (C=O) groups is 1. The van der Waals surface area contributed by atoms with E-state index >= 15 is 0 Å². The summed E-state index contributed by atoms with van der Waals surface area (Å²) < 4.78 is 38.9. The molecule has 1 heterocycles. The first-order valence-electron chi connectivity index (χ1n) is 11.9. The maximum Gasteiger partial charge on any atom is 0.416 e. The van der Waals surface area contributed by atoms with E-state index in [4.69, 9.17) is 5.26 Å². The third kappa shape index (κ3) is 6.73. The van der Waals surface area contributed by atoms with E-state index in [0.717, 1.165) is 30.5 Å². The van der Waals surface area contributed by atoms with Crippen LogP contribution >= 0.6 is 0 Å². The molecular weight excluding hydrogens is 483 g/mol. The van der Waals surface area contributed by atoms with E-state index in [1.54, 1.807) is 37.4 Å². The number of nitriles is 1. The van der Waals surface area contributed by atoms with Gasteiger partial charge < -0.3 is 16.0 Å². The van der Waals surface area contributed by atoms with E-state index in [2.05, 4.69) is 37.0 Å². The number of nitrogens with one attached hydrogen (secondary N) is 3. The molecule has 1 aromatic heterocycles. The van der Waals surface area contributed by atoms with Crippen molar-refractivity contribution in [2.75, 3.05) is 17.7 Å². The Kier molecular flexibility index (Phi) is 7.86. The van der Waals surface area contributed by atoms with Crippen LogP contribution in [0.15, 0.2) is 48.5 Å². The lowest BCUT2D eigenvalue weighted by Crippen LogP contribution is -2.37. The van der Waals surface area contributed by atoms with Gasteiger partial charge in [0, 0.05) is 31.1 Å². The molecule has 0 radical (unpaired) electrons. The van der Waals surface area contributed by atoms with Crippen molar-refractivity contribution in [3.63, 3.8) is 0 Å². The SMILES string of the molecule is CNc1nc(N[C@@H]2CCC[C@H](C(=O)NCc3cccc(C(F)(F)F)c3)C2)nc(-c2ccc(C#N)cc2)n1. The third-order valence-electron chi connectivity index (χ3n) is 6.23. The van der Waals surface area contributed by atoms with Crippen LogP contribution in [0.2, 0.25) is 0 Å². The summed E-state index contributed by atoms with van der Waals surface area (Å²) >= 11 is 0. The van der Waals surface area contributed by atoms with Gasteiger partial charge in [-0.3, -0.25) is 4.79 Å². The van der Waals surface area contributed by atoms with Gasteiger partial charge in [0.1, 0.15) is 0 Å². The molecule has 8 nitrogen and oxygen atoms in total. The summed E-state index contributed by atoms with van der Waals surface area (Å²) in [6.45, 7) is 0.0320. The maximum absolute atomic E-state index is 13.0. The number of hydrogen-bond donors (Lipinski definition) is 3. The molecular formula is C26H26F3N7O. The van der Waals surface area contributed by atoms with E-state index in [0.29, 0.717) is 41.7 Å². The lowest BCUT2D eigenvalue weighted by Gasteiger charge is -2.29. The zero-order chi connectivity index (χ0) is 26.4. The molecule has 2 atom stereocenters. The van der Waals surface area contributed by atoms with Crippen LogP contribution in [0.1, 0.15) is 42.4 Å². The van der Waals surface area contributed by atoms with Crippen LogP contribution in [0, 0.1) is 17.2 Å². The van der Waals surface area contributed by atoms with Crippen LogP contribution in [-0.4, -0.2) is 33.9 Å². The van der Waals surface area contributed by atoms with Gasteiger partial charge in [0.25, 0.3) is 0 Å². The Morgan fingerprint density at radius 2 is 1.84 bits per heavy atom. The normalized spacial score (nSPS) is 17.5. The Labute approximate surface area is 212 Å². The molecule has 3 aromatic rings. The molecule has 0 aliphatic heterocycles. The van der Waals surface area contributed by atoms with Crippen molar-refractivity contribution >= 4 is 17.8 Å². The second kappa shape index (κ2) is 11.2. The highest BCUT2D eigenvalue weighted by Crippen LogP contribution is 2.30. The standard InChI is InChI=1S/C26H26F3N7O/c1-31-24-34-22(18-10-8-16(14-30)9-11-18)35-25(36-24)33-21-7-3-5-19(13-21)23(37)32-15-17-4-2-6-20(12-17)26(27,28)29/h2,4,6,8-12,19,21H,3,5,7,13,15H2,1H3,(H,32,37)(H2,31,33,34,35,36)/t19-,21+/m0/s1. The molecule has 1 amide bonds. The molecule has 37 heavy (non-hydrogen) atoms. The van der Waals surface area contributed by atoms with E-state index in [-0.39, 0.29) is 24.4 Å². The second-order valence-corrected chi connectivity index (χ2v) is 8.87. The zero-order valence-corrected chi connectivity index (χ0v) is 20.1. The van der Waals surface area contributed by atoms with Gasteiger partial charge >= 0.3 is 6.18 Å². The average Bonchev–Trinajstić information content (AvgIpc) is 2.91. The Hall–Kier alpha value is -4.20. The molecule has 0 bridgehead atoms. The summed E-state index contributed by atoms with van der Waals surface area (Å²) in [7, 11) is 1.70. The minimum Gasteiger partial charge on any atom is -0.357 e. The molecule has 192 valence electrons. The number of aromatic nitrogens is 3. The van der Waals surface area contributed by atoms with Crippen molar-refractivity contribution in [1.29, 1.82) is 5.26 Å². The predicted molar refractivity (Wildman–Crippen MR) is 132 cm³/mol. The fourth-order valence-corrected chi connectivity index (χ4v) is 4.31. The predicted octanol–water partition coefficient (Wildman–Crippen LogP) is 4.76. The number of hydrogen-bond acceptors (Lipinski definition) is 7. The molecule has 1 aliphatic carbocycles. The topological polar surface area (TPSA) is 116 Å². The first-order chi connectivity index (χ1) is 17.7. The maximum atomic E-state index is 13.0. The molecule has 2 aromatic carbocycles. The highest BCUT2D eigenvalue weighted by Gasteiger charge is 2.31. The molecule has 1 aliphatic rings. The number of nitrogens with zero attached hydrogens (tertiary/aromatic N) is 4. The van der Waals surface area contributed by atoms with Crippen molar-refractivity contribution in [2.24, 2.45) is 5.92 Å². The summed E-state index contributed by atoms with van der Waals surface area (Å²) in [5, 5.41) is 18.0. The molecule has 1 fully saturated rings. The quantitative estimate of drug-likeness (QED) is 0.421. The van der Waals surface area contributed by atoms with Gasteiger partial charge in [0.2, 0.25) is 17.8 Å². The highest BCUT2D eigenvalue weighted by atomic mass is 19.4. The average molecular weight is 510 g/mol. The zero-order valence-electron chi connectivity index (χ0n) is 20.1.